The fourth-order valence-corrected chi connectivity index (χ4v) is 1.88. The monoisotopic (exact) mass is 250 g/mol. The van der Waals surface area contributed by atoms with Crippen LogP contribution >= 0.6 is 0 Å². The molecule has 1 aromatic heterocycles. The second-order valence-electron chi connectivity index (χ2n) is 4.69. The first-order valence-corrected chi connectivity index (χ1v) is 7.13. The Morgan fingerprint density at radius 1 is 1.11 bits per heavy atom. The van der Waals surface area contributed by atoms with Gasteiger partial charge in [0.25, 0.3) is 0 Å². The van der Waals surface area contributed by atoms with Crippen LogP contribution < -0.4 is 11.1 Å². The van der Waals surface area contributed by atoms with Crippen LogP contribution in [0.1, 0.15) is 57.9 Å². The molecular formula is C14H26N4. The molecule has 0 amide bonds. The van der Waals surface area contributed by atoms with Crippen molar-refractivity contribution in [3.05, 3.63) is 11.8 Å². The molecule has 0 atom stereocenters. The van der Waals surface area contributed by atoms with Gasteiger partial charge in [0.1, 0.15) is 5.82 Å². The van der Waals surface area contributed by atoms with E-state index in [4.69, 9.17) is 5.73 Å². The van der Waals surface area contributed by atoms with Crippen molar-refractivity contribution in [1.29, 1.82) is 0 Å². The minimum absolute atomic E-state index is 0.353. The van der Waals surface area contributed by atoms with Crippen LogP contribution in [0.25, 0.3) is 0 Å². The number of nitrogens with two attached hydrogens (primary N) is 1. The van der Waals surface area contributed by atoms with Crippen molar-refractivity contribution in [1.82, 2.24) is 9.97 Å². The van der Waals surface area contributed by atoms with Crippen LogP contribution in [0.5, 0.6) is 0 Å². The number of rotatable bonds is 9. The van der Waals surface area contributed by atoms with Crippen molar-refractivity contribution >= 4 is 11.8 Å². The van der Waals surface area contributed by atoms with E-state index in [0.717, 1.165) is 25.2 Å². The SMILES string of the molecule is CCCCCCc1cnc(N)nc1NCCCC. The third-order valence-corrected chi connectivity index (χ3v) is 3.01. The van der Waals surface area contributed by atoms with Crippen LogP contribution in [0.2, 0.25) is 0 Å². The van der Waals surface area contributed by atoms with Gasteiger partial charge in [-0.05, 0) is 19.3 Å². The molecule has 0 aliphatic heterocycles. The van der Waals surface area contributed by atoms with Gasteiger partial charge in [-0.2, -0.15) is 4.98 Å². The molecule has 0 spiro atoms. The van der Waals surface area contributed by atoms with E-state index < -0.39 is 0 Å². The summed E-state index contributed by atoms with van der Waals surface area (Å²) in [5.41, 5.74) is 6.84. The number of aromatic nitrogens is 2. The quantitative estimate of drug-likeness (QED) is 0.659. The number of hydrogen-bond acceptors (Lipinski definition) is 4. The van der Waals surface area contributed by atoms with E-state index >= 15 is 0 Å². The van der Waals surface area contributed by atoms with Gasteiger partial charge in [0.2, 0.25) is 5.95 Å². The molecule has 0 fully saturated rings. The number of nitrogens with zero attached hydrogens (tertiary/aromatic N) is 2. The van der Waals surface area contributed by atoms with Gasteiger partial charge in [0.15, 0.2) is 0 Å². The average molecular weight is 250 g/mol. The van der Waals surface area contributed by atoms with Crippen molar-refractivity contribution in [2.75, 3.05) is 17.6 Å². The summed E-state index contributed by atoms with van der Waals surface area (Å²) in [4.78, 5) is 8.39. The van der Waals surface area contributed by atoms with E-state index in [1.54, 1.807) is 0 Å². The molecule has 1 heterocycles. The number of unbranched alkanes of at least 4 members (excludes halogenated alkanes) is 4. The summed E-state index contributed by atoms with van der Waals surface area (Å²) in [7, 11) is 0. The van der Waals surface area contributed by atoms with E-state index in [9.17, 15) is 0 Å². The van der Waals surface area contributed by atoms with Crippen LogP contribution in [0.3, 0.4) is 0 Å². The zero-order valence-electron chi connectivity index (χ0n) is 11.7. The van der Waals surface area contributed by atoms with Crippen LogP contribution in [-0.2, 0) is 6.42 Å². The molecule has 0 saturated carbocycles. The predicted octanol–water partition coefficient (Wildman–Crippen LogP) is 3.39. The van der Waals surface area contributed by atoms with Gasteiger partial charge < -0.3 is 11.1 Å². The Morgan fingerprint density at radius 3 is 2.61 bits per heavy atom. The number of nitrogens with one attached hydrogen (secondary N) is 1. The first kappa shape index (κ1) is 14.7. The summed E-state index contributed by atoms with van der Waals surface area (Å²) in [5.74, 6) is 1.28. The molecule has 0 saturated heterocycles. The van der Waals surface area contributed by atoms with Gasteiger partial charge in [-0.15, -0.1) is 0 Å². The van der Waals surface area contributed by atoms with E-state index in [1.165, 1.54) is 37.7 Å². The van der Waals surface area contributed by atoms with Crippen molar-refractivity contribution in [2.45, 2.75) is 58.8 Å². The molecular weight excluding hydrogens is 224 g/mol. The second kappa shape index (κ2) is 8.72. The van der Waals surface area contributed by atoms with Crippen molar-refractivity contribution in [3.8, 4) is 0 Å². The van der Waals surface area contributed by atoms with Gasteiger partial charge in [-0.3, -0.25) is 0 Å². The highest BCUT2D eigenvalue weighted by Crippen LogP contribution is 2.16. The molecule has 3 N–H and O–H groups in total. The van der Waals surface area contributed by atoms with Gasteiger partial charge in [0.05, 0.1) is 0 Å². The molecule has 0 radical (unpaired) electrons. The van der Waals surface area contributed by atoms with Gasteiger partial charge >= 0.3 is 0 Å². The van der Waals surface area contributed by atoms with E-state index in [-0.39, 0.29) is 0 Å². The maximum absolute atomic E-state index is 5.65. The highest BCUT2D eigenvalue weighted by Gasteiger charge is 2.05. The topological polar surface area (TPSA) is 63.8 Å². The Bertz CT molecular complexity index is 339. The Labute approximate surface area is 110 Å². The zero-order valence-corrected chi connectivity index (χ0v) is 11.7. The third-order valence-electron chi connectivity index (χ3n) is 3.01. The minimum atomic E-state index is 0.353. The lowest BCUT2D eigenvalue weighted by Crippen LogP contribution is -2.09. The smallest absolute Gasteiger partial charge is 0.221 e. The van der Waals surface area contributed by atoms with Gasteiger partial charge in [-0.25, -0.2) is 4.98 Å². The minimum Gasteiger partial charge on any atom is -0.370 e. The van der Waals surface area contributed by atoms with Gasteiger partial charge in [0, 0.05) is 18.3 Å². The molecule has 4 nitrogen and oxygen atoms in total. The molecule has 1 rings (SSSR count). The molecule has 0 aliphatic rings. The molecule has 0 bridgehead atoms. The van der Waals surface area contributed by atoms with Crippen molar-refractivity contribution in [2.24, 2.45) is 0 Å². The average Bonchev–Trinajstić information content (AvgIpc) is 2.37. The highest BCUT2D eigenvalue weighted by molar-refractivity contribution is 5.46. The van der Waals surface area contributed by atoms with Crippen molar-refractivity contribution in [3.63, 3.8) is 0 Å². The summed E-state index contributed by atoms with van der Waals surface area (Å²) in [6.45, 7) is 5.36. The zero-order chi connectivity index (χ0) is 13.2. The Morgan fingerprint density at radius 2 is 1.89 bits per heavy atom. The fraction of sp³-hybridized carbons (Fsp3) is 0.714. The molecule has 1 aromatic rings. The summed E-state index contributed by atoms with van der Waals surface area (Å²) in [6, 6.07) is 0. The van der Waals surface area contributed by atoms with E-state index in [1.807, 2.05) is 6.20 Å². The van der Waals surface area contributed by atoms with Crippen LogP contribution in [0.15, 0.2) is 6.20 Å². The van der Waals surface area contributed by atoms with E-state index in [2.05, 4.69) is 29.1 Å². The number of nitrogen functional groups attached to an aromatic ring is 1. The highest BCUT2D eigenvalue weighted by atomic mass is 15.1. The number of hydrogen-bond donors (Lipinski definition) is 2. The normalized spacial score (nSPS) is 10.6. The fourth-order valence-electron chi connectivity index (χ4n) is 1.88. The number of anilines is 2. The lowest BCUT2D eigenvalue weighted by Gasteiger charge is -2.10. The van der Waals surface area contributed by atoms with Gasteiger partial charge in [-0.1, -0.05) is 39.5 Å². The number of aryl methyl sites for hydroxylation is 1. The summed E-state index contributed by atoms with van der Waals surface area (Å²) in [6.07, 6.45) is 10.3. The van der Waals surface area contributed by atoms with Crippen LogP contribution in [0.4, 0.5) is 11.8 Å². The lowest BCUT2D eigenvalue weighted by atomic mass is 10.1. The second-order valence-corrected chi connectivity index (χ2v) is 4.69. The molecule has 0 aliphatic carbocycles. The maximum Gasteiger partial charge on any atom is 0.221 e. The summed E-state index contributed by atoms with van der Waals surface area (Å²) < 4.78 is 0. The molecule has 102 valence electrons. The third kappa shape index (κ3) is 5.34. The molecule has 18 heavy (non-hydrogen) atoms. The maximum atomic E-state index is 5.65. The Hall–Kier alpha value is -1.32. The summed E-state index contributed by atoms with van der Waals surface area (Å²) >= 11 is 0. The van der Waals surface area contributed by atoms with Crippen LogP contribution in [-0.4, -0.2) is 16.5 Å². The predicted molar refractivity (Wildman–Crippen MR) is 77.7 cm³/mol. The van der Waals surface area contributed by atoms with Crippen LogP contribution in [0, 0.1) is 0 Å². The largest absolute Gasteiger partial charge is 0.370 e. The standard InChI is InChI=1S/C14H26N4/c1-3-5-7-8-9-12-11-17-14(15)18-13(12)16-10-6-4-2/h11H,3-10H2,1-2H3,(H3,15,16,17,18). The van der Waals surface area contributed by atoms with Crippen molar-refractivity contribution < 1.29 is 0 Å². The Balaban J connectivity index is 2.52. The first-order valence-electron chi connectivity index (χ1n) is 7.13. The Kier molecular flexibility index (Phi) is 7.14. The van der Waals surface area contributed by atoms with E-state index in [0.29, 0.717) is 5.95 Å². The molecule has 0 unspecified atom stereocenters. The molecule has 4 heteroatoms. The molecule has 0 aromatic carbocycles. The summed E-state index contributed by atoms with van der Waals surface area (Å²) in [5, 5.41) is 3.36. The first-order chi connectivity index (χ1) is 8.77. The lowest BCUT2D eigenvalue weighted by molar-refractivity contribution is 0.665.